The zero-order valence-electron chi connectivity index (χ0n) is 12.9. The van der Waals surface area contributed by atoms with Crippen LogP contribution in [0.3, 0.4) is 0 Å². The first kappa shape index (κ1) is 19.0. The molecule has 0 aromatic heterocycles. The summed E-state index contributed by atoms with van der Waals surface area (Å²) >= 11 is 0. The molecule has 1 rings (SSSR count). The number of hydroxylamine groups is 1. The number of hydrogen-bond donors (Lipinski definition) is 6. The van der Waals surface area contributed by atoms with Crippen molar-refractivity contribution in [3.63, 3.8) is 0 Å². The van der Waals surface area contributed by atoms with Crippen LogP contribution in [0, 0.1) is 5.92 Å². The highest BCUT2D eigenvalue weighted by Crippen LogP contribution is 2.10. The lowest BCUT2D eigenvalue weighted by molar-refractivity contribution is -0.141. The van der Waals surface area contributed by atoms with E-state index in [-0.39, 0.29) is 19.6 Å². The molecule has 2 amide bonds. The quantitative estimate of drug-likeness (QED) is 0.146. The van der Waals surface area contributed by atoms with Gasteiger partial charge in [0.1, 0.15) is 12.1 Å². The van der Waals surface area contributed by atoms with E-state index in [1.54, 1.807) is 31.2 Å². The smallest absolute Gasteiger partial charge is 0.256 e. The number of amides is 2. The molecule has 1 aromatic carbocycles. The normalized spacial score (nSPS) is 14.6. The highest BCUT2D eigenvalue weighted by Gasteiger charge is 2.29. The summed E-state index contributed by atoms with van der Waals surface area (Å²) in [5.41, 5.74) is 2.26. The van der Waals surface area contributed by atoms with Gasteiger partial charge < -0.3 is 15.5 Å². The Kier molecular flexibility index (Phi) is 8.20. The lowest BCUT2D eigenvalue weighted by Crippen LogP contribution is -2.52. The van der Waals surface area contributed by atoms with E-state index in [0.717, 1.165) is 5.56 Å². The van der Waals surface area contributed by atoms with Crippen molar-refractivity contribution in [3.8, 4) is 0 Å². The molecule has 0 aliphatic heterocycles. The molecule has 0 aliphatic rings. The Morgan fingerprint density at radius 3 is 2.39 bits per heavy atom. The minimum Gasteiger partial charge on any atom is -0.395 e. The Labute approximate surface area is 134 Å². The second-order valence-corrected chi connectivity index (χ2v) is 5.14. The number of benzene rings is 1. The molecule has 0 saturated carbocycles. The molecule has 8 nitrogen and oxygen atoms in total. The lowest BCUT2D eigenvalue weighted by atomic mass is 9.97. The van der Waals surface area contributed by atoms with Crippen LogP contribution in [0.15, 0.2) is 30.3 Å². The predicted octanol–water partition coefficient (Wildman–Crippen LogP) is -1.24. The van der Waals surface area contributed by atoms with Gasteiger partial charge in [0.05, 0.1) is 12.6 Å². The molecule has 3 atom stereocenters. The van der Waals surface area contributed by atoms with E-state index in [0.29, 0.717) is 0 Å². The van der Waals surface area contributed by atoms with Gasteiger partial charge in [-0.25, -0.2) is 5.48 Å². The van der Waals surface area contributed by atoms with Gasteiger partial charge in [0, 0.05) is 6.54 Å². The summed E-state index contributed by atoms with van der Waals surface area (Å²) < 4.78 is 0. The van der Waals surface area contributed by atoms with E-state index in [2.05, 4.69) is 10.6 Å². The van der Waals surface area contributed by atoms with Gasteiger partial charge in [0.15, 0.2) is 0 Å². The summed E-state index contributed by atoms with van der Waals surface area (Å²) in [6.07, 6.45) is -0.952. The van der Waals surface area contributed by atoms with Crippen LogP contribution in [0.5, 0.6) is 0 Å². The number of hydrogen-bond acceptors (Lipinski definition) is 6. The molecular formula is C15H23N3O5. The van der Waals surface area contributed by atoms with Gasteiger partial charge in [0.2, 0.25) is 5.91 Å². The molecule has 128 valence electrons. The average Bonchev–Trinajstić information content (AvgIpc) is 2.57. The van der Waals surface area contributed by atoms with Gasteiger partial charge in [-0.15, -0.1) is 0 Å². The van der Waals surface area contributed by atoms with Gasteiger partial charge in [-0.2, -0.15) is 0 Å². The fraction of sp³-hybridized carbons (Fsp3) is 0.467. The summed E-state index contributed by atoms with van der Waals surface area (Å²) in [5.74, 6) is -2.57. The molecule has 0 radical (unpaired) electrons. The number of rotatable bonds is 9. The highest BCUT2D eigenvalue weighted by atomic mass is 16.5. The monoisotopic (exact) mass is 325 g/mol. The van der Waals surface area contributed by atoms with Crippen molar-refractivity contribution in [1.29, 1.82) is 0 Å². The summed E-state index contributed by atoms with van der Waals surface area (Å²) in [6, 6.07) is 8.24. The van der Waals surface area contributed by atoms with Crippen molar-refractivity contribution in [3.05, 3.63) is 35.9 Å². The van der Waals surface area contributed by atoms with Crippen LogP contribution >= 0.6 is 0 Å². The largest absolute Gasteiger partial charge is 0.395 e. The standard InChI is InChI=1S/C15H23N3O5/c1-10(13(20)16-7-8-19)17-14(21)12(15(22)18-23)9-11-5-3-2-4-6-11/h2-6,10,12-13,16,19-20,23H,7-9H2,1H3,(H,17,21)(H,18,22). The summed E-state index contributed by atoms with van der Waals surface area (Å²) in [7, 11) is 0. The van der Waals surface area contributed by atoms with Crippen molar-refractivity contribution in [2.45, 2.75) is 25.6 Å². The van der Waals surface area contributed by atoms with E-state index < -0.39 is 30.0 Å². The van der Waals surface area contributed by atoms with E-state index in [4.69, 9.17) is 10.3 Å². The van der Waals surface area contributed by atoms with E-state index in [9.17, 15) is 14.7 Å². The van der Waals surface area contributed by atoms with Crippen LogP contribution in [-0.4, -0.2) is 52.7 Å². The van der Waals surface area contributed by atoms with Crippen molar-refractivity contribution >= 4 is 11.8 Å². The number of nitrogens with one attached hydrogen (secondary N) is 3. The zero-order chi connectivity index (χ0) is 17.2. The molecule has 0 aliphatic carbocycles. The van der Waals surface area contributed by atoms with E-state index in [1.165, 1.54) is 5.48 Å². The molecule has 1 aromatic rings. The van der Waals surface area contributed by atoms with E-state index >= 15 is 0 Å². The molecule has 0 heterocycles. The van der Waals surface area contributed by atoms with Gasteiger partial charge >= 0.3 is 0 Å². The first-order chi connectivity index (χ1) is 11.0. The zero-order valence-corrected chi connectivity index (χ0v) is 12.9. The first-order valence-corrected chi connectivity index (χ1v) is 7.30. The first-order valence-electron chi connectivity index (χ1n) is 7.30. The summed E-state index contributed by atoms with van der Waals surface area (Å²) in [6.45, 7) is 1.58. The van der Waals surface area contributed by atoms with Crippen molar-refractivity contribution in [2.24, 2.45) is 5.92 Å². The van der Waals surface area contributed by atoms with Gasteiger partial charge in [0.25, 0.3) is 5.91 Å². The van der Waals surface area contributed by atoms with E-state index in [1.807, 2.05) is 6.07 Å². The topological polar surface area (TPSA) is 131 Å². The molecule has 0 fully saturated rings. The van der Waals surface area contributed by atoms with Gasteiger partial charge in [-0.1, -0.05) is 30.3 Å². The van der Waals surface area contributed by atoms with Crippen LogP contribution in [0.2, 0.25) is 0 Å². The Morgan fingerprint density at radius 1 is 1.17 bits per heavy atom. The van der Waals surface area contributed by atoms with Crippen molar-refractivity contribution < 1.29 is 25.0 Å². The minimum absolute atomic E-state index is 0.117. The molecular weight excluding hydrogens is 302 g/mol. The fourth-order valence-corrected chi connectivity index (χ4v) is 2.03. The number of carbonyl (C=O) groups excluding carboxylic acids is 2. The van der Waals surface area contributed by atoms with Crippen LogP contribution in [0.4, 0.5) is 0 Å². The maximum atomic E-state index is 12.3. The summed E-state index contributed by atoms with van der Waals surface area (Å²) in [4.78, 5) is 24.0. The third kappa shape index (κ3) is 6.33. The molecule has 8 heteroatoms. The summed E-state index contributed by atoms with van der Waals surface area (Å²) in [5, 5.41) is 32.4. The maximum Gasteiger partial charge on any atom is 0.256 e. The van der Waals surface area contributed by atoms with Gasteiger partial charge in [-0.3, -0.25) is 20.1 Å². The molecule has 3 unspecified atom stereocenters. The Balaban J connectivity index is 2.70. The predicted molar refractivity (Wildman–Crippen MR) is 82.3 cm³/mol. The number of carbonyl (C=O) groups is 2. The maximum absolute atomic E-state index is 12.3. The molecule has 0 bridgehead atoms. The number of aliphatic hydroxyl groups is 2. The minimum atomic E-state index is -1.13. The molecule has 6 N–H and O–H groups in total. The highest BCUT2D eigenvalue weighted by molar-refractivity contribution is 6.00. The third-order valence-electron chi connectivity index (χ3n) is 3.33. The SMILES string of the molecule is CC(NC(=O)C(Cc1ccccc1)C(=O)NO)C(O)NCCO. The fourth-order valence-electron chi connectivity index (χ4n) is 2.03. The van der Waals surface area contributed by atoms with Crippen LogP contribution in [0.1, 0.15) is 12.5 Å². The van der Waals surface area contributed by atoms with Crippen LogP contribution in [-0.2, 0) is 16.0 Å². The molecule has 0 spiro atoms. The average molecular weight is 325 g/mol. The number of aliphatic hydroxyl groups excluding tert-OH is 2. The lowest BCUT2D eigenvalue weighted by Gasteiger charge is -2.23. The third-order valence-corrected chi connectivity index (χ3v) is 3.33. The second-order valence-electron chi connectivity index (χ2n) is 5.14. The molecule has 0 saturated heterocycles. The van der Waals surface area contributed by atoms with Crippen molar-refractivity contribution in [1.82, 2.24) is 16.1 Å². The second kappa shape index (κ2) is 9.90. The Hall–Kier alpha value is -2.00. The van der Waals surface area contributed by atoms with Gasteiger partial charge in [-0.05, 0) is 18.9 Å². The van der Waals surface area contributed by atoms with Crippen LogP contribution in [0.25, 0.3) is 0 Å². The van der Waals surface area contributed by atoms with Crippen molar-refractivity contribution in [2.75, 3.05) is 13.2 Å². The Morgan fingerprint density at radius 2 is 1.83 bits per heavy atom. The van der Waals surface area contributed by atoms with Crippen LogP contribution < -0.4 is 16.1 Å². The Bertz CT molecular complexity index is 497. The molecule has 23 heavy (non-hydrogen) atoms.